The molecule has 0 unspecified atom stereocenters. The number of carbonyl (C=O) groups is 1. The average molecular weight is 263 g/mol. The molecule has 0 aliphatic carbocycles. The topological polar surface area (TPSA) is 35.6 Å². The molecule has 0 spiro atoms. The van der Waals surface area contributed by atoms with Crippen LogP contribution in [0.15, 0.2) is 36.9 Å². The van der Waals surface area contributed by atoms with Gasteiger partial charge in [0.25, 0.3) is 0 Å². The van der Waals surface area contributed by atoms with E-state index in [2.05, 4.69) is 16.8 Å². The Morgan fingerprint density at radius 2 is 2.11 bits per heavy atom. The molecular weight excluding hydrogens is 245 g/mol. The van der Waals surface area contributed by atoms with Crippen LogP contribution in [0, 0.1) is 5.82 Å². The lowest BCUT2D eigenvalue weighted by Gasteiger charge is -2.34. The van der Waals surface area contributed by atoms with Crippen molar-refractivity contribution >= 4 is 11.7 Å². The molecule has 0 atom stereocenters. The lowest BCUT2D eigenvalue weighted by atomic mass is 10.3. The highest BCUT2D eigenvalue weighted by Gasteiger charge is 2.20. The largest absolute Gasteiger partial charge is 0.322 e. The smallest absolute Gasteiger partial charge is 0.321 e. The molecule has 1 aromatic rings. The Hall–Kier alpha value is -1.88. The zero-order valence-corrected chi connectivity index (χ0v) is 10.8. The first-order valence-electron chi connectivity index (χ1n) is 6.34. The van der Waals surface area contributed by atoms with Gasteiger partial charge in [-0.25, -0.2) is 9.18 Å². The summed E-state index contributed by atoms with van der Waals surface area (Å²) in [6.45, 7) is 7.57. The minimum atomic E-state index is -0.353. The van der Waals surface area contributed by atoms with E-state index >= 15 is 0 Å². The summed E-state index contributed by atoms with van der Waals surface area (Å²) in [5.41, 5.74) is 0.485. The summed E-state index contributed by atoms with van der Waals surface area (Å²) >= 11 is 0. The van der Waals surface area contributed by atoms with Gasteiger partial charge in [-0.3, -0.25) is 4.90 Å². The molecule has 1 N–H and O–H groups in total. The number of hydrogen-bond acceptors (Lipinski definition) is 2. The molecule has 2 rings (SSSR count). The molecule has 0 saturated carbocycles. The van der Waals surface area contributed by atoms with Gasteiger partial charge in [-0.15, -0.1) is 6.58 Å². The van der Waals surface area contributed by atoms with E-state index in [1.54, 1.807) is 17.0 Å². The first kappa shape index (κ1) is 13.5. The predicted molar refractivity (Wildman–Crippen MR) is 73.6 cm³/mol. The summed E-state index contributed by atoms with van der Waals surface area (Å²) in [4.78, 5) is 16.0. The maximum absolute atomic E-state index is 13.0. The van der Waals surface area contributed by atoms with E-state index in [9.17, 15) is 9.18 Å². The minimum Gasteiger partial charge on any atom is -0.322 e. The van der Waals surface area contributed by atoms with Gasteiger partial charge < -0.3 is 10.2 Å². The SMILES string of the molecule is C=CCN1CCN(C(=O)Nc2cccc(F)c2)CC1. The zero-order chi connectivity index (χ0) is 13.7. The quantitative estimate of drug-likeness (QED) is 0.848. The van der Waals surface area contributed by atoms with E-state index in [0.717, 1.165) is 19.6 Å². The lowest BCUT2D eigenvalue weighted by Crippen LogP contribution is -2.49. The third-order valence-corrected chi connectivity index (χ3v) is 3.12. The van der Waals surface area contributed by atoms with Crippen molar-refractivity contribution < 1.29 is 9.18 Å². The van der Waals surface area contributed by atoms with Crippen LogP contribution in [0.2, 0.25) is 0 Å². The molecule has 1 aliphatic rings. The number of nitrogens with one attached hydrogen (secondary N) is 1. The predicted octanol–water partition coefficient (Wildman–Crippen LogP) is 2.16. The van der Waals surface area contributed by atoms with Crippen LogP contribution >= 0.6 is 0 Å². The van der Waals surface area contributed by atoms with Crippen LogP contribution in [0.5, 0.6) is 0 Å². The molecular formula is C14H18FN3O. The molecule has 0 radical (unpaired) electrons. The van der Waals surface area contributed by atoms with Crippen LogP contribution in [0.25, 0.3) is 0 Å². The van der Waals surface area contributed by atoms with Crippen LogP contribution < -0.4 is 5.32 Å². The van der Waals surface area contributed by atoms with Gasteiger partial charge in [0.1, 0.15) is 5.82 Å². The van der Waals surface area contributed by atoms with Crippen LogP contribution in [0.4, 0.5) is 14.9 Å². The van der Waals surface area contributed by atoms with E-state index in [4.69, 9.17) is 0 Å². The second-order valence-corrected chi connectivity index (χ2v) is 4.52. The van der Waals surface area contributed by atoms with Crippen molar-refractivity contribution in [3.8, 4) is 0 Å². The second-order valence-electron chi connectivity index (χ2n) is 4.52. The Balaban J connectivity index is 1.86. The number of rotatable bonds is 3. The normalized spacial score (nSPS) is 16.2. The van der Waals surface area contributed by atoms with Gasteiger partial charge in [-0.05, 0) is 18.2 Å². The second kappa shape index (κ2) is 6.33. The van der Waals surface area contributed by atoms with Crippen LogP contribution in [0.3, 0.4) is 0 Å². The van der Waals surface area contributed by atoms with Crippen molar-refractivity contribution in [3.05, 3.63) is 42.7 Å². The lowest BCUT2D eigenvalue weighted by molar-refractivity contribution is 0.156. The van der Waals surface area contributed by atoms with E-state index in [-0.39, 0.29) is 11.8 Å². The number of benzene rings is 1. The summed E-state index contributed by atoms with van der Waals surface area (Å²) in [5.74, 6) is -0.353. The van der Waals surface area contributed by atoms with Crippen LogP contribution in [-0.2, 0) is 0 Å². The van der Waals surface area contributed by atoms with Gasteiger partial charge in [-0.1, -0.05) is 12.1 Å². The first-order chi connectivity index (χ1) is 9.19. The Labute approximate surface area is 112 Å². The van der Waals surface area contributed by atoms with Gasteiger partial charge in [0.05, 0.1) is 0 Å². The van der Waals surface area contributed by atoms with Gasteiger partial charge in [0.2, 0.25) is 0 Å². The van der Waals surface area contributed by atoms with Gasteiger partial charge in [0, 0.05) is 38.4 Å². The zero-order valence-electron chi connectivity index (χ0n) is 10.8. The van der Waals surface area contributed by atoms with E-state index in [1.807, 2.05) is 6.08 Å². The monoisotopic (exact) mass is 263 g/mol. The molecule has 0 bridgehead atoms. The molecule has 1 aliphatic heterocycles. The minimum absolute atomic E-state index is 0.177. The Kier molecular flexibility index (Phi) is 4.52. The number of hydrogen-bond donors (Lipinski definition) is 1. The van der Waals surface area contributed by atoms with Crippen LogP contribution in [0.1, 0.15) is 0 Å². The summed E-state index contributed by atoms with van der Waals surface area (Å²) in [5, 5.41) is 2.71. The van der Waals surface area contributed by atoms with Crippen molar-refractivity contribution in [1.82, 2.24) is 9.80 Å². The number of halogens is 1. The molecule has 4 nitrogen and oxygen atoms in total. The third-order valence-electron chi connectivity index (χ3n) is 3.12. The molecule has 0 aromatic heterocycles. The fourth-order valence-electron chi connectivity index (χ4n) is 2.08. The average Bonchev–Trinajstić information content (AvgIpc) is 2.40. The number of carbonyl (C=O) groups excluding carboxylic acids is 1. The summed E-state index contributed by atoms with van der Waals surface area (Å²) in [6, 6.07) is 5.74. The van der Waals surface area contributed by atoms with Gasteiger partial charge >= 0.3 is 6.03 Å². The Morgan fingerprint density at radius 1 is 1.37 bits per heavy atom. The summed E-state index contributed by atoms with van der Waals surface area (Å²) in [7, 11) is 0. The summed E-state index contributed by atoms with van der Waals surface area (Å²) < 4.78 is 13.0. The fourth-order valence-corrected chi connectivity index (χ4v) is 2.08. The van der Waals surface area contributed by atoms with E-state index < -0.39 is 0 Å². The Morgan fingerprint density at radius 3 is 2.74 bits per heavy atom. The van der Waals surface area contributed by atoms with Gasteiger partial charge in [-0.2, -0.15) is 0 Å². The van der Waals surface area contributed by atoms with E-state index in [0.29, 0.717) is 18.8 Å². The van der Waals surface area contributed by atoms with Crippen molar-refractivity contribution in [2.45, 2.75) is 0 Å². The number of urea groups is 1. The summed E-state index contributed by atoms with van der Waals surface area (Å²) in [6.07, 6.45) is 1.86. The molecule has 1 heterocycles. The highest BCUT2D eigenvalue weighted by Crippen LogP contribution is 2.11. The maximum Gasteiger partial charge on any atom is 0.321 e. The van der Waals surface area contributed by atoms with Crippen LogP contribution in [-0.4, -0.2) is 48.6 Å². The third kappa shape index (κ3) is 3.79. The van der Waals surface area contributed by atoms with Crippen molar-refractivity contribution in [2.24, 2.45) is 0 Å². The molecule has 2 amide bonds. The van der Waals surface area contributed by atoms with Crippen molar-refractivity contribution in [1.29, 1.82) is 0 Å². The van der Waals surface area contributed by atoms with E-state index in [1.165, 1.54) is 12.1 Å². The molecule has 1 aromatic carbocycles. The number of piperazine rings is 1. The molecule has 1 saturated heterocycles. The number of nitrogens with zero attached hydrogens (tertiary/aromatic N) is 2. The molecule has 19 heavy (non-hydrogen) atoms. The first-order valence-corrected chi connectivity index (χ1v) is 6.34. The molecule has 1 fully saturated rings. The highest BCUT2D eigenvalue weighted by atomic mass is 19.1. The molecule has 5 heteroatoms. The number of anilines is 1. The molecule has 102 valence electrons. The van der Waals surface area contributed by atoms with Crippen molar-refractivity contribution in [3.63, 3.8) is 0 Å². The van der Waals surface area contributed by atoms with Gasteiger partial charge in [0.15, 0.2) is 0 Å². The maximum atomic E-state index is 13.0. The highest BCUT2D eigenvalue weighted by molar-refractivity contribution is 5.89. The van der Waals surface area contributed by atoms with Crippen molar-refractivity contribution in [2.75, 3.05) is 38.0 Å². The number of amides is 2. The fraction of sp³-hybridized carbons (Fsp3) is 0.357. The standard InChI is InChI=1S/C14H18FN3O/c1-2-6-17-7-9-18(10-8-17)14(19)16-13-5-3-4-12(15)11-13/h2-5,11H,1,6-10H2,(H,16,19). The Bertz CT molecular complexity index is 456.